The zero-order chi connectivity index (χ0) is 26.0. The summed E-state index contributed by atoms with van der Waals surface area (Å²) >= 11 is 6.13. The van der Waals surface area contributed by atoms with Crippen molar-refractivity contribution in [1.82, 2.24) is 10.2 Å². The second-order valence-electron chi connectivity index (χ2n) is 9.30. The summed E-state index contributed by atoms with van der Waals surface area (Å²) < 4.78 is 27.8. The molecule has 2 amide bonds. The van der Waals surface area contributed by atoms with Crippen LogP contribution in [0.25, 0.3) is 10.8 Å². The van der Waals surface area contributed by atoms with Crippen molar-refractivity contribution in [1.29, 1.82) is 0 Å². The van der Waals surface area contributed by atoms with Crippen LogP contribution in [0.5, 0.6) is 0 Å². The van der Waals surface area contributed by atoms with E-state index in [1.165, 1.54) is 9.21 Å². The molecule has 3 aromatic carbocycles. The first-order valence-electron chi connectivity index (χ1n) is 12.0. The third kappa shape index (κ3) is 5.20. The van der Waals surface area contributed by atoms with Gasteiger partial charge in [0, 0.05) is 36.0 Å². The highest BCUT2D eigenvalue weighted by molar-refractivity contribution is 7.93. The summed E-state index contributed by atoms with van der Waals surface area (Å²) in [6, 6.07) is 17.2. The minimum absolute atomic E-state index is 0.0622. The molecule has 190 valence electrons. The number of halogens is 1. The van der Waals surface area contributed by atoms with Gasteiger partial charge in [-0.25, -0.2) is 8.42 Å². The van der Waals surface area contributed by atoms with Gasteiger partial charge in [0.1, 0.15) is 6.04 Å². The number of carbonyl (C=O) groups excluding carboxylic acids is 2. The first-order chi connectivity index (χ1) is 17.1. The molecule has 1 heterocycles. The first kappa shape index (κ1) is 26.0. The Hall–Kier alpha value is -3.10. The van der Waals surface area contributed by atoms with Crippen molar-refractivity contribution in [3.8, 4) is 0 Å². The topological polar surface area (TPSA) is 86.8 Å². The number of hydrogen-bond donors (Lipinski definition) is 1. The quantitative estimate of drug-likeness (QED) is 0.436. The third-order valence-corrected chi connectivity index (χ3v) is 8.36. The monoisotopic (exact) mass is 527 g/mol. The Labute approximate surface area is 217 Å². The maximum absolute atomic E-state index is 13.4. The number of nitrogens with zero attached hydrogens (tertiary/aromatic N) is 2. The molecule has 1 N–H and O–H groups in total. The van der Waals surface area contributed by atoms with Gasteiger partial charge in [0.05, 0.1) is 10.6 Å². The van der Waals surface area contributed by atoms with Crippen LogP contribution in [0.2, 0.25) is 5.02 Å². The van der Waals surface area contributed by atoms with Crippen molar-refractivity contribution in [3.05, 3.63) is 71.2 Å². The van der Waals surface area contributed by atoms with Crippen LogP contribution in [0.15, 0.2) is 65.6 Å². The summed E-state index contributed by atoms with van der Waals surface area (Å²) in [5, 5.41) is 4.99. The number of amides is 2. The molecule has 0 saturated carbocycles. The highest BCUT2D eigenvalue weighted by atomic mass is 35.5. The van der Waals surface area contributed by atoms with Gasteiger partial charge < -0.3 is 10.2 Å². The molecule has 36 heavy (non-hydrogen) atoms. The molecular formula is C27H30ClN3O4S. The van der Waals surface area contributed by atoms with E-state index in [0.29, 0.717) is 27.4 Å². The zero-order valence-electron chi connectivity index (χ0n) is 20.6. The molecule has 1 atom stereocenters. The molecule has 0 aliphatic carbocycles. The van der Waals surface area contributed by atoms with Crippen LogP contribution in [0, 0.1) is 0 Å². The van der Waals surface area contributed by atoms with Gasteiger partial charge in [0.15, 0.2) is 0 Å². The van der Waals surface area contributed by atoms with Gasteiger partial charge in [0.25, 0.3) is 10.0 Å². The van der Waals surface area contributed by atoms with E-state index < -0.39 is 16.1 Å². The molecule has 0 radical (unpaired) electrons. The molecule has 0 spiro atoms. The van der Waals surface area contributed by atoms with E-state index in [4.69, 9.17) is 11.6 Å². The van der Waals surface area contributed by atoms with Gasteiger partial charge in [-0.15, -0.1) is 0 Å². The third-order valence-electron chi connectivity index (χ3n) is 6.27. The van der Waals surface area contributed by atoms with Crippen LogP contribution in [0.1, 0.15) is 39.2 Å². The Morgan fingerprint density at radius 2 is 1.72 bits per heavy atom. The fourth-order valence-corrected chi connectivity index (χ4v) is 6.50. The van der Waals surface area contributed by atoms with E-state index in [2.05, 4.69) is 5.32 Å². The second-order valence-corrected chi connectivity index (χ2v) is 11.6. The maximum Gasteiger partial charge on any atom is 0.265 e. The molecule has 0 aromatic heterocycles. The Bertz CT molecular complexity index is 1400. The Balaban J connectivity index is 1.50. The molecule has 7 nitrogen and oxygen atoms in total. The van der Waals surface area contributed by atoms with Gasteiger partial charge in [0.2, 0.25) is 11.8 Å². The average molecular weight is 528 g/mol. The minimum atomic E-state index is -3.68. The predicted octanol–water partition coefficient (Wildman–Crippen LogP) is 4.72. The molecule has 0 bridgehead atoms. The zero-order valence-corrected chi connectivity index (χ0v) is 22.1. The normalized spacial score (nSPS) is 14.8. The van der Waals surface area contributed by atoms with E-state index in [-0.39, 0.29) is 37.4 Å². The summed E-state index contributed by atoms with van der Waals surface area (Å²) in [5.74, 6) is -0.474. The fourth-order valence-electron chi connectivity index (χ4n) is 4.54. The lowest BCUT2D eigenvalue weighted by molar-refractivity contribution is -0.140. The van der Waals surface area contributed by atoms with Crippen molar-refractivity contribution in [3.63, 3.8) is 0 Å². The number of nitrogens with one attached hydrogen (secondary N) is 1. The van der Waals surface area contributed by atoms with E-state index in [1.807, 2.05) is 38.1 Å². The summed E-state index contributed by atoms with van der Waals surface area (Å²) in [5.41, 5.74) is 1.44. The SMILES string of the molecule is CC(C)NC(=O)[C@H](C)N(Cc1cccc(Cl)c1)C(=O)CCCN1c2cccc3cccc(c23)S1(=O)=O. The number of sulfonamides is 1. The van der Waals surface area contributed by atoms with E-state index >= 15 is 0 Å². The van der Waals surface area contributed by atoms with Crippen molar-refractivity contribution >= 4 is 49.9 Å². The van der Waals surface area contributed by atoms with E-state index in [1.54, 1.807) is 43.3 Å². The number of hydrogen-bond acceptors (Lipinski definition) is 4. The standard InChI is InChI=1S/C27H30ClN3O4S/c1-18(2)29-27(33)19(3)30(17-20-8-4-11-22(28)16-20)25(32)14-7-15-31-23-12-5-9-21-10-6-13-24(26(21)23)36(31,34)35/h4-6,8-13,16,18-19H,7,14-15,17H2,1-3H3,(H,29,33)/t19-/m0/s1. The van der Waals surface area contributed by atoms with Crippen LogP contribution in [0.4, 0.5) is 5.69 Å². The number of anilines is 1. The molecule has 0 saturated heterocycles. The van der Waals surface area contributed by atoms with Gasteiger partial charge in [-0.05, 0) is 62.4 Å². The molecule has 9 heteroatoms. The molecule has 0 unspecified atom stereocenters. The fraction of sp³-hybridized carbons (Fsp3) is 0.333. The van der Waals surface area contributed by atoms with Crippen LogP contribution >= 0.6 is 11.6 Å². The Kier molecular flexibility index (Phi) is 7.57. The lowest BCUT2D eigenvalue weighted by Gasteiger charge is -2.30. The Morgan fingerprint density at radius 3 is 2.42 bits per heavy atom. The number of rotatable bonds is 9. The predicted molar refractivity (Wildman–Crippen MR) is 142 cm³/mol. The van der Waals surface area contributed by atoms with Crippen molar-refractivity contribution in [2.75, 3.05) is 10.8 Å². The first-order valence-corrected chi connectivity index (χ1v) is 13.8. The average Bonchev–Trinajstić information content (AvgIpc) is 3.05. The summed E-state index contributed by atoms with van der Waals surface area (Å²) in [7, 11) is -3.68. The van der Waals surface area contributed by atoms with Crippen LogP contribution in [-0.4, -0.2) is 43.8 Å². The lowest BCUT2D eigenvalue weighted by Crippen LogP contribution is -2.49. The second kappa shape index (κ2) is 10.5. The van der Waals surface area contributed by atoms with Crippen LogP contribution in [-0.2, 0) is 26.2 Å². The summed E-state index contributed by atoms with van der Waals surface area (Å²) in [6.07, 6.45) is 0.408. The van der Waals surface area contributed by atoms with Gasteiger partial charge in [-0.1, -0.05) is 48.0 Å². The Morgan fingerprint density at radius 1 is 1.03 bits per heavy atom. The summed E-state index contributed by atoms with van der Waals surface area (Å²) in [4.78, 5) is 27.9. The number of benzene rings is 3. The van der Waals surface area contributed by atoms with Gasteiger partial charge in [-0.3, -0.25) is 13.9 Å². The molecule has 1 aliphatic heterocycles. The maximum atomic E-state index is 13.4. The molecule has 4 rings (SSSR count). The lowest BCUT2D eigenvalue weighted by atomic mass is 10.1. The molecular weight excluding hydrogens is 498 g/mol. The van der Waals surface area contributed by atoms with E-state index in [0.717, 1.165) is 10.9 Å². The van der Waals surface area contributed by atoms with Crippen molar-refractivity contribution in [2.45, 2.75) is 57.1 Å². The van der Waals surface area contributed by atoms with Gasteiger partial charge >= 0.3 is 0 Å². The van der Waals surface area contributed by atoms with Crippen molar-refractivity contribution in [2.24, 2.45) is 0 Å². The summed E-state index contributed by atoms with van der Waals surface area (Å²) in [6.45, 7) is 5.81. The van der Waals surface area contributed by atoms with Crippen LogP contribution < -0.4 is 9.62 Å². The highest BCUT2D eigenvalue weighted by Crippen LogP contribution is 2.42. The largest absolute Gasteiger partial charge is 0.352 e. The van der Waals surface area contributed by atoms with Gasteiger partial charge in [-0.2, -0.15) is 0 Å². The molecule has 3 aromatic rings. The number of carbonyl (C=O) groups is 2. The van der Waals surface area contributed by atoms with E-state index in [9.17, 15) is 18.0 Å². The smallest absolute Gasteiger partial charge is 0.265 e. The minimum Gasteiger partial charge on any atom is -0.352 e. The van der Waals surface area contributed by atoms with Crippen LogP contribution in [0.3, 0.4) is 0 Å². The highest BCUT2D eigenvalue weighted by Gasteiger charge is 2.35. The van der Waals surface area contributed by atoms with Crippen molar-refractivity contribution < 1.29 is 18.0 Å². The molecule has 0 fully saturated rings. The molecule has 1 aliphatic rings.